The third-order valence-corrected chi connectivity index (χ3v) is 1.41. The second-order valence-electron chi connectivity index (χ2n) is 2.80. The molecule has 0 saturated heterocycles. The maximum Gasteiger partial charge on any atom is 0.189 e. The Morgan fingerprint density at radius 2 is 2.00 bits per heavy atom. The average molecular weight is 182 g/mol. The molecule has 0 fully saturated rings. The number of rotatable bonds is 5. The number of hydrogen-bond donors (Lipinski definition) is 1. The molecule has 0 saturated carbocycles. The van der Waals surface area contributed by atoms with E-state index < -0.39 is 6.10 Å². The number of aliphatic hydroxyl groups excluding tert-OH is 1. The molecule has 1 unspecified atom stereocenters. The van der Waals surface area contributed by atoms with Gasteiger partial charge >= 0.3 is 0 Å². The lowest BCUT2D eigenvalue weighted by molar-refractivity contribution is -0.0243. The maximum atomic E-state index is 8.87. The van der Waals surface area contributed by atoms with Gasteiger partial charge in [-0.25, -0.2) is 0 Å². The molecule has 0 aliphatic heterocycles. The molecule has 1 atom stereocenters. The summed E-state index contributed by atoms with van der Waals surface area (Å²) in [5, 5.41) is 8.87. The van der Waals surface area contributed by atoms with Crippen molar-refractivity contribution in [1.29, 1.82) is 0 Å². The summed E-state index contributed by atoms with van der Waals surface area (Å²) < 4.78 is 10.2. The smallest absolute Gasteiger partial charge is 0.189 e. The maximum absolute atomic E-state index is 8.87. The van der Waals surface area contributed by atoms with Gasteiger partial charge in [-0.15, -0.1) is 0 Å². The van der Waals surface area contributed by atoms with Gasteiger partial charge in [-0.2, -0.15) is 0 Å². The van der Waals surface area contributed by atoms with E-state index in [0.717, 1.165) is 5.75 Å². The summed E-state index contributed by atoms with van der Waals surface area (Å²) in [5.41, 5.74) is 0. The summed E-state index contributed by atoms with van der Waals surface area (Å²) in [7, 11) is 0. The van der Waals surface area contributed by atoms with Crippen molar-refractivity contribution in [2.75, 3.05) is 13.4 Å². The van der Waals surface area contributed by atoms with Crippen LogP contribution in [0.4, 0.5) is 0 Å². The van der Waals surface area contributed by atoms with Crippen LogP contribution < -0.4 is 4.74 Å². The molecule has 0 aliphatic rings. The number of aliphatic hydroxyl groups is 1. The van der Waals surface area contributed by atoms with Crippen LogP contribution in [0.1, 0.15) is 6.92 Å². The van der Waals surface area contributed by atoms with E-state index in [1.807, 2.05) is 30.3 Å². The SMILES string of the molecule is CC(O)COCOc1ccccc1. The van der Waals surface area contributed by atoms with Gasteiger partial charge < -0.3 is 14.6 Å². The molecule has 0 bridgehead atoms. The van der Waals surface area contributed by atoms with Crippen molar-refractivity contribution in [2.45, 2.75) is 13.0 Å². The monoisotopic (exact) mass is 182 g/mol. The average Bonchev–Trinajstić information content (AvgIpc) is 2.14. The van der Waals surface area contributed by atoms with Crippen LogP contribution in [0.5, 0.6) is 5.75 Å². The quantitative estimate of drug-likeness (QED) is 0.553. The molecule has 0 radical (unpaired) electrons. The van der Waals surface area contributed by atoms with Gasteiger partial charge in [-0.1, -0.05) is 18.2 Å². The highest BCUT2D eigenvalue weighted by molar-refractivity contribution is 5.20. The molecule has 3 heteroatoms. The number of ether oxygens (including phenoxy) is 2. The van der Waals surface area contributed by atoms with Crippen molar-refractivity contribution in [3.63, 3.8) is 0 Å². The summed E-state index contributed by atoms with van der Waals surface area (Å²) in [6.07, 6.45) is -0.445. The number of hydrogen-bond acceptors (Lipinski definition) is 3. The molecule has 0 spiro atoms. The Morgan fingerprint density at radius 3 is 2.62 bits per heavy atom. The molecule has 0 amide bonds. The molecule has 0 aromatic heterocycles. The molecule has 72 valence electrons. The predicted molar refractivity (Wildman–Crippen MR) is 49.6 cm³/mol. The highest BCUT2D eigenvalue weighted by Crippen LogP contribution is 2.07. The Kier molecular flexibility index (Phi) is 4.29. The van der Waals surface area contributed by atoms with Crippen molar-refractivity contribution in [3.05, 3.63) is 30.3 Å². The summed E-state index contributed by atoms with van der Waals surface area (Å²) in [4.78, 5) is 0. The Balaban J connectivity index is 2.13. The van der Waals surface area contributed by atoms with E-state index in [1.165, 1.54) is 0 Å². The Morgan fingerprint density at radius 1 is 1.31 bits per heavy atom. The van der Waals surface area contributed by atoms with E-state index in [4.69, 9.17) is 14.6 Å². The minimum atomic E-state index is -0.445. The number of para-hydroxylation sites is 1. The van der Waals surface area contributed by atoms with Gasteiger partial charge in [0.1, 0.15) is 5.75 Å². The Hall–Kier alpha value is -1.06. The Bertz CT molecular complexity index is 221. The van der Waals surface area contributed by atoms with Crippen LogP contribution in [0.25, 0.3) is 0 Å². The van der Waals surface area contributed by atoms with Crippen LogP contribution in [0, 0.1) is 0 Å². The highest BCUT2D eigenvalue weighted by Gasteiger charge is 1.95. The third-order valence-electron chi connectivity index (χ3n) is 1.41. The first-order valence-corrected chi connectivity index (χ1v) is 4.22. The second-order valence-corrected chi connectivity index (χ2v) is 2.80. The summed E-state index contributed by atoms with van der Waals surface area (Å²) >= 11 is 0. The molecule has 0 heterocycles. The fraction of sp³-hybridized carbons (Fsp3) is 0.400. The first-order chi connectivity index (χ1) is 6.29. The first-order valence-electron chi connectivity index (χ1n) is 4.22. The highest BCUT2D eigenvalue weighted by atomic mass is 16.7. The largest absolute Gasteiger partial charge is 0.468 e. The van der Waals surface area contributed by atoms with Crippen LogP contribution in [0.3, 0.4) is 0 Å². The van der Waals surface area contributed by atoms with Gasteiger partial charge in [0.05, 0.1) is 12.7 Å². The molecule has 13 heavy (non-hydrogen) atoms. The molecular formula is C10H14O3. The van der Waals surface area contributed by atoms with Gasteiger partial charge in [0.25, 0.3) is 0 Å². The lowest BCUT2D eigenvalue weighted by Crippen LogP contribution is -2.13. The van der Waals surface area contributed by atoms with Crippen molar-refractivity contribution in [3.8, 4) is 5.75 Å². The van der Waals surface area contributed by atoms with Gasteiger partial charge in [0.2, 0.25) is 0 Å². The fourth-order valence-corrected chi connectivity index (χ4v) is 0.845. The number of benzene rings is 1. The molecular weight excluding hydrogens is 168 g/mol. The standard InChI is InChI=1S/C10H14O3/c1-9(11)7-12-8-13-10-5-3-2-4-6-10/h2-6,9,11H,7-8H2,1H3. The van der Waals surface area contributed by atoms with Gasteiger partial charge in [-0.05, 0) is 19.1 Å². The van der Waals surface area contributed by atoms with Crippen LogP contribution in [0.2, 0.25) is 0 Å². The summed E-state index contributed by atoms with van der Waals surface area (Å²) in [6, 6.07) is 9.41. The summed E-state index contributed by atoms with van der Waals surface area (Å²) in [5.74, 6) is 0.771. The van der Waals surface area contributed by atoms with E-state index in [9.17, 15) is 0 Å². The summed E-state index contributed by atoms with van der Waals surface area (Å²) in [6.45, 7) is 2.14. The molecule has 1 N–H and O–H groups in total. The van der Waals surface area contributed by atoms with Crippen molar-refractivity contribution in [1.82, 2.24) is 0 Å². The normalized spacial score (nSPS) is 12.5. The van der Waals surface area contributed by atoms with E-state index in [2.05, 4.69) is 0 Å². The molecule has 1 aromatic rings. The fourth-order valence-electron chi connectivity index (χ4n) is 0.845. The zero-order valence-electron chi connectivity index (χ0n) is 7.64. The molecule has 1 aromatic carbocycles. The van der Waals surface area contributed by atoms with E-state index >= 15 is 0 Å². The van der Waals surface area contributed by atoms with Gasteiger partial charge in [0.15, 0.2) is 6.79 Å². The minimum Gasteiger partial charge on any atom is -0.468 e. The van der Waals surface area contributed by atoms with Crippen LogP contribution in [0.15, 0.2) is 30.3 Å². The lowest BCUT2D eigenvalue weighted by Gasteiger charge is -2.07. The van der Waals surface area contributed by atoms with Gasteiger partial charge in [0, 0.05) is 0 Å². The van der Waals surface area contributed by atoms with Crippen molar-refractivity contribution >= 4 is 0 Å². The topological polar surface area (TPSA) is 38.7 Å². The minimum absolute atomic E-state index is 0.176. The van der Waals surface area contributed by atoms with Crippen LogP contribution in [-0.4, -0.2) is 24.6 Å². The van der Waals surface area contributed by atoms with Crippen molar-refractivity contribution < 1.29 is 14.6 Å². The van der Waals surface area contributed by atoms with Crippen LogP contribution >= 0.6 is 0 Å². The van der Waals surface area contributed by atoms with Crippen LogP contribution in [-0.2, 0) is 4.74 Å². The van der Waals surface area contributed by atoms with Crippen molar-refractivity contribution in [2.24, 2.45) is 0 Å². The lowest BCUT2D eigenvalue weighted by atomic mass is 10.3. The Labute approximate surface area is 77.9 Å². The third kappa shape index (κ3) is 4.50. The first kappa shape index (κ1) is 10.0. The van der Waals surface area contributed by atoms with E-state index in [-0.39, 0.29) is 6.79 Å². The van der Waals surface area contributed by atoms with E-state index in [1.54, 1.807) is 6.92 Å². The molecule has 1 rings (SSSR count). The zero-order valence-corrected chi connectivity index (χ0v) is 7.64. The van der Waals surface area contributed by atoms with Gasteiger partial charge in [-0.3, -0.25) is 0 Å². The zero-order chi connectivity index (χ0) is 9.52. The molecule has 0 aliphatic carbocycles. The second kappa shape index (κ2) is 5.56. The predicted octanol–water partition coefficient (Wildman–Crippen LogP) is 1.42. The van der Waals surface area contributed by atoms with E-state index in [0.29, 0.717) is 6.61 Å². The molecule has 3 nitrogen and oxygen atoms in total.